The Kier molecular flexibility index (Phi) is 5.52. The van der Waals surface area contributed by atoms with Crippen LogP contribution in [0.15, 0.2) is 36.4 Å². The summed E-state index contributed by atoms with van der Waals surface area (Å²) < 4.78 is 5.07. The molecule has 34 heavy (non-hydrogen) atoms. The maximum absolute atomic E-state index is 12.9. The Balaban J connectivity index is 1.29. The molecule has 3 aromatic rings. The molecule has 8 nitrogen and oxygen atoms in total. The molecule has 2 aliphatic rings. The van der Waals surface area contributed by atoms with Gasteiger partial charge in [-0.3, -0.25) is 14.6 Å². The quantitative estimate of drug-likeness (QED) is 0.602. The van der Waals surface area contributed by atoms with Crippen molar-refractivity contribution in [3.8, 4) is 6.07 Å². The molecule has 0 radical (unpaired) electrons. The van der Waals surface area contributed by atoms with Crippen LogP contribution in [0.2, 0.25) is 0 Å². The third kappa shape index (κ3) is 3.89. The number of rotatable bonds is 4. The number of pyridine rings is 1. The number of carbonyl (C=O) groups excluding carboxylic acids is 2. The van der Waals surface area contributed by atoms with E-state index in [1.165, 1.54) is 0 Å². The Hall–Kier alpha value is -3.80. The van der Waals surface area contributed by atoms with Crippen molar-refractivity contribution in [2.45, 2.75) is 26.6 Å². The predicted octanol–water partition coefficient (Wildman–Crippen LogP) is 2.78. The SMILES string of the molecule is Cc1cc2nc(N3CCN(CC(O)c4cc5c(cc4C)C(=O)OC5)CC3=O)ccc2cc1C#N. The Morgan fingerprint density at radius 1 is 1.15 bits per heavy atom. The van der Waals surface area contributed by atoms with Crippen LogP contribution >= 0.6 is 0 Å². The second-order valence-electron chi connectivity index (χ2n) is 8.88. The number of carbonyl (C=O) groups is 2. The number of anilines is 1. The van der Waals surface area contributed by atoms with Crippen LogP contribution in [0.1, 0.15) is 44.3 Å². The summed E-state index contributed by atoms with van der Waals surface area (Å²) in [4.78, 5) is 33.0. The van der Waals surface area contributed by atoms with Crippen LogP contribution in [0.3, 0.4) is 0 Å². The summed E-state index contributed by atoms with van der Waals surface area (Å²) in [6.07, 6.45) is -0.781. The van der Waals surface area contributed by atoms with Gasteiger partial charge in [-0.1, -0.05) is 0 Å². The third-order valence-corrected chi connectivity index (χ3v) is 6.58. The fraction of sp³-hybridized carbons (Fsp3) is 0.308. The van der Waals surface area contributed by atoms with Gasteiger partial charge in [0.1, 0.15) is 12.4 Å². The van der Waals surface area contributed by atoms with Crippen molar-refractivity contribution in [1.82, 2.24) is 9.88 Å². The number of esters is 1. The highest BCUT2D eigenvalue weighted by atomic mass is 16.5. The molecule has 1 amide bonds. The lowest BCUT2D eigenvalue weighted by Gasteiger charge is -2.35. The van der Waals surface area contributed by atoms with Crippen molar-refractivity contribution in [1.29, 1.82) is 5.26 Å². The summed E-state index contributed by atoms with van der Waals surface area (Å²) in [5.41, 5.74) is 5.12. The zero-order valence-corrected chi connectivity index (χ0v) is 19.0. The number of piperazine rings is 1. The normalized spacial score (nSPS) is 16.9. The number of aliphatic hydroxyl groups excluding tert-OH is 1. The molecule has 0 bridgehead atoms. The van der Waals surface area contributed by atoms with Crippen LogP contribution in [0.4, 0.5) is 5.82 Å². The fourth-order valence-electron chi connectivity index (χ4n) is 4.66. The van der Waals surface area contributed by atoms with Gasteiger partial charge in [-0.05, 0) is 66.9 Å². The van der Waals surface area contributed by atoms with Gasteiger partial charge < -0.3 is 9.84 Å². The maximum atomic E-state index is 12.9. The number of fused-ring (bicyclic) bond motifs is 2. The average Bonchev–Trinajstić information content (AvgIpc) is 3.17. The fourth-order valence-corrected chi connectivity index (χ4v) is 4.66. The van der Waals surface area contributed by atoms with E-state index in [2.05, 4.69) is 11.1 Å². The van der Waals surface area contributed by atoms with E-state index in [1.54, 1.807) is 17.0 Å². The third-order valence-electron chi connectivity index (χ3n) is 6.58. The number of aryl methyl sites for hydroxylation is 2. The Morgan fingerprint density at radius 2 is 1.97 bits per heavy atom. The van der Waals surface area contributed by atoms with Crippen LogP contribution in [0.5, 0.6) is 0 Å². The molecule has 5 rings (SSSR count). The van der Waals surface area contributed by atoms with E-state index in [-0.39, 0.29) is 25.0 Å². The highest BCUT2D eigenvalue weighted by Gasteiger charge is 2.29. The number of benzene rings is 2. The number of nitrogens with zero attached hydrogens (tertiary/aromatic N) is 4. The zero-order chi connectivity index (χ0) is 24.0. The van der Waals surface area contributed by atoms with Gasteiger partial charge in [0, 0.05) is 30.6 Å². The second-order valence-corrected chi connectivity index (χ2v) is 8.88. The summed E-state index contributed by atoms with van der Waals surface area (Å²) in [5, 5.41) is 21.0. The smallest absolute Gasteiger partial charge is 0.338 e. The van der Waals surface area contributed by atoms with Gasteiger partial charge in [0.25, 0.3) is 0 Å². The number of nitriles is 1. The van der Waals surface area contributed by atoms with E-state index < -0.39 is 6.10 Å². The maximum Gasteiger partial charge on any atom is 0.338 e. The minimum Gasteiger partial charge on any atom is -0.457 e. The Labute approximate surface area is 197 Å². The molecule has 8 heteroatoms. The number of cyclic esters (lactones) is 1. The molecule has 1 aromatic heterocycles. The number of hydrogen-bond donors (Lipinski definition) is 1. The minimum absolute atomic E-state index is 0.0830. The summed E-state index contributed by atoms with van der Waals surface area (Å²) in [7, 11) is 0. The lowest BCUT2D eigenvalue weighted by atomic mass is 9.96. The van der Waals surface area contributed by atoms with Gasteiger partial charge in [0.15, 0.2) is 0 Å². The van der Waals surface area contributed by atoms with E-state index in [0.717, 1.165) is 33.2 Å². The lowest BCUT2D eigenvalue weighted by Crippen LogP contribution is -2.51. The van der Waals surface area contributed by atoms with Crippen LogP contribution in [0, 0.1) is 25.2 Å². The van der Waals surface area contributed by atoms with Crippen molar-refractivity contribution < 1.29 is 19.4 Å². The molecule has 1 unspecified atom stereocenters. The van der Waals surface area contributed by atoms with Crippen LogP contribution in [-0.2, 0) is 16.1 Å². The first kappa shape index (κ1) is 22.0. The van der Waals surface area contributed by atoms with Crippen LogP contribution < -0.4 is 4.90 Å². The van der Waals surface area contributed by atoms with E-state index in [0.29, 0.717) is 36.6 Å². The van der Waals surface area contributed by atoms with E-state index in [1.807, 2.05) is 43.0 Å². The summed E-state index contributed by atoms with van der Waals surface area (Å²) in [6, 6.07) is 13.1. The Bertz CT molecular complexity index is 1380. The molecule has 3 heterocycles. The van der Waals surface area contributed by atoms with Crippen LogP contribution in [0.25, 0.3) is 10.9 Å². The van der Waals surface area contributed by atoms with Crippen molar-refractivity contribution in [2.75, 3.05) is 31.1 Å². The average molecular weight is 457 g/mol. The molecular weight excluding hydrogens is 432 g/mol. The minimum atomic E-state index is -0.781. The molecule has 0 spiro atoms. The number of β-amino-alcohol motifs (C(OH)–C–C–N with tert-alkyl or cyclic N) is 1. The standard InChI is InChI=1S/C26H24N4O4/c1-15-8-22-17(9-18(15)11-27)3-4-24(28-22)30-6-5-29(13-25(30)32)12-23(31)20-10-19-14-34-26(33)21(19)7-16(20)2/h3-4,7-10,23,31H,5-6,12-14H2,1-2H3. The first-order chi connectivity index (χ1) is 16.3. The molecule has 2 aromatic carbocycles. The van der Waals surface area contributed by atoms with Gasteiger partial charge in [0.05, 0.1) is 35.4 Å². The van der Waals surface area contributed by atoms with E-state index in [9.17, 15) is 20.0 Å². The van der Waals surface area contributed by atoms with Gasteiger partial charge >= 0.3 is 5.97 Å². The molecule has 1 atom stereocenters. The zero-order valence-electron chi connectivity index (χ0n) is 19.0. The summed E-state index contributed by atoms with van der Waals surface area (Å²) >= 11 is 0. The first-order valence-electron chi connectivity index (χ1n) is 11.2. The highest BCUT2D eigenvalue weighted by Crippen LogP contribution is 2.28. The molecule has 2 aliphatic heterocycles. The molecular formula is C26H24N4O4. The van der Waals surface area contributed by atoms with E-state index in [4.69, 9.17) is 4.74 Å². The number of ether oxygens (including phenoxy) is 1. The molecule has 1 fully saturated rings. The van der Waals surface area contributed by atoms with Crippen molar-refractivity contribution >= 4 is 28.6 Å². The topological polar surface area (TPSA) is 107 Å². The second kappa shape index (κ2) is 8.52. The van der Waals surface area contributed by atoms with Crippen molar-refractivity contribution in [3.05, 3.63) is 69.8 Å². The van der Waals surface area contributed by atoms with Gasteiger partial charge in [-0.25, -0.2) is 9.78 Å². The molecule has 0 saturated carbocycles. The monoisotopic (exact) mass is 456 g/mol. The molecule has 0 aliphatic carbocycles. The number of hydrogen-bond acceptors (Lipinski definition) is 7. The van der Waals surface area contributed by atoms with Gasteiger partial charge in [0.2, 0.25) is 5.91 Å². The summed E-state index contributed by atoms with van der Waals surface area (Å²) in [5.74, 6) is 0.171. The van der Waals surface area contributed by atoms with E-state index >= 15 is 0 Å². The van der Waals surface area contributed by atoms with Crippen LogP contribution in [-0.4, -0.2) is 53.0 Å². The molecule has 1 saturated heterocycles. The number of aromatic nitrogens is 1. The summed E-state index contributed by atoms with van der Waals surface area (Å²) in [6.45, 7) is 5.51. The Morgan fingerprint density at radius 3 is 2.74 bits per heavy atom. The molecule has 172 valence electrons. The van der Waals surface area contributed by atoms with Gasteiger partial charge in [-0.2, -0.15) is 5.26 Å². The van der Waals surface area contributed by atoms with Crippen molar-refractivity contribution in [3.63, 3.8) is 0 Å². The van der Waals surface area contributed by atoms with Crippen molar-refractivity contribution in [2.24, 2.45) is 0 Å². The highest BCUT2D eigenvalue weighted by molar-refractivity contribution is 5.96. The largest absolute Gasteiger partial charge is 0.457 e. The molecule has 1 N–H and O–H groups in total. The first-order valence-corrected chi connectivity index (χ1v) is 11.2. The number of aliphatic hydroxyl groups is 1. The predicted molar refractivity (Wildman–Crippen MR) is 125 cm³/mol. The lowest BCUT2D eigenvalue weighted by molar-refractivity contribution is -0.121. The number of amides is 1. The van der Waals surface area contributed by atoms with Gasteiger partial charge in [-0.15, -0.1) is 0 Å².